The minimum Gasteiger partial charge on any atom is -0.392 e. The van der Waals surface area contributed by atoms with Gasteiger partial charge in [-0.15, -0.1) is 0 Å². The Morgan fingerprint density at radius 2 is 2.23 bits per heavy atom. The van der Waals surface area contributed by atoms with Gasteiger partial charge >= 0.3 is 0 Å². The number of aliphatic hydroxyl groups excluding tert-OH is 1. The van der Waals surface area contributed by atoms with Crippen molar-refractivity contribution in [3.05, 3.63) is 29.6 Å². The molecule has 1 aromatic rings. The van der Waals surface area contributed by atoms with E-state index in [1.54, 1.807) is 13.0 Å². The number of rotatable bonds is 3. The molecule has 1 atom stereocenters. The maximum atomic E-state index is 13.2. The summed E-state index contributed by atoms with van der Waals surface area (Å²) in [5, 5.41) is 11.9. The predicted molar refractivity (Wildman–Crippen MR) is 51.3 cm³/mol. The van der Waals surface area contributed by atoms with Crippen LogP contribution < -0.4 is 5.32 Å². The Labute approximate surface area is 77.4 Å². The molecule has 0 aliphatic carbocycles. The molecule has 0 heterocycles. The smallest absolute Gasteiger partial charge is 0.146 e. The molecule has 0 fully saturated rings. The predicted octanol–water partition coefficient (Wildman–Crippen LogP) is 1.93. The first-order chi connectivity index (χ1) is 6.11. The van der Waals surface area contributed by atoms with Crippen LogP contribution in [0.15, 0.2) is 18.2 Å². The van der Waals surface area contributed by atoms with Gasteiger partial charge < -0.3 is 10.4 Å². The molecule has 0 spiro atoms. The summed E-state index contributed by atoms with van der Waals surface area (Å²) < 4.78 is 13.2. The molecule has 2 N–H and O–H groups in total. The highest BCUT2D eigenvalue weighted by Crippen LogP contribution is 2.18. The van der Waals surface area contributed by atoms with Gasteiger partial charge in [-0.3, -0.25) is 0 Å². The first-order valence-corrected chi connectivity index (χ1v) is 4.28. The van der Waals surface area contributed by atoms with Crippen LogP contribution in [0.5, 0.6) is 0 Å². The SMILES string of the molecule is Cc1cccc(F)c1NCC(C)O. The number of anilines is 1. The lowest BCUT2D eigenvalue weighted by atomic mass is 10.2. The van der Waals surface area contributed by atoms with Crippen LogP contribution in [0.1, 0.15) is 12.5 Å². The molecule has 1 aromatic carbocycles. The maximum absolute atomic E-state index is 13.2. The van der Waals surface area contributed by atoms with Gasteiger partial charge in [0, 0.05) is 6.54 Å². The van der Waals surface area contributed by atoms with Gasteiger partial charge in [0.1, 0.15) is 5.82 Å². The van der Waals surface area contributed by atoms with Crippen LogP contribution in [-0.4, -0.2) is 17.8 Å². The van der Waals surface area contributed by atoms with E-state index in [4.69, 9.17) is 5.11 Å². The van der Waals surface area contributed by atoms with Crippen molar-refractivity contribution in [2.75, 3.05) is 11.9 Å². The lowest BCUT2D eigenvalue weighted by Crippen LogP contribution is -2.16. The molecule has 0 aliphatic heterocycles. The Hall–Kier alpha value is -1.09. The lowest BCUT2D eigenvalue weighted by molar-refractivity contribution is 0.208. The van der Waals surface area contributed by atoms with Gasteiger partial charge in [0.25, 0.3) is 0 Å². The minimum absolute atomic E-state index is 0.277. The third kappa shape index (κ3) is 2.70. The summed E-state index contributed by atoms with van der Waals surface area (Å²) in [4.78, 5) is 0. The fourth-order valence-electron chi connectivity index (χ4n) is 1.11. The standard InChI is InChI=1S/C10H14FNO/c1-7-4-3-5-9(11)10(7)12-6-8(2)13/h3-5,8,12-13H,6H2,1-2H3. The molecule has 0 saturated carbocycles. The Morgan fingerprint density at radius 1 is 1.54 bits per heavy atom. The average molecular weight is 183 g/mol. The van der Waals surface area contributed by atoms with Crippen LogP contribution in [-0.2, 0) is 0 Å². The third-order valence-electron chi connectivity index (χ3n) is 1.80. The van der Waals surface area contributed by atoms with E-state index in [-0.39, 0.29) is 5.82 Å². The Balaban J connectivity index is 2.75. The van der Waals surface area contributed by atoms with Gasteiger partial charge in [-0.25, -0.2) is 4.39 Å². The fraction of sp³-hybridized carbons (Fsp3) is 0.400. The monoisotopic (exact) mass is 183 g/mol. The molecule has 0 aromatic heterocycles. The van der Waals surface area contributed by atoms with Gasteiger partial charge in [-0.2, -0.15) is 0 Å². The van der Waals surface area contributed by atoms with Crippen LogP contribution in [0.2, 0.25) is 0 Å². The van der Waals surface area contributed by atoms with E-state index in [2.05, 4.69) is 5.32 Å². The zero-order valence-electron chi connectivity index (χ0n) is 7.84. The van der Waals surface area contributed by atoms with E-state index < -0.39 is 6.10 Å². The summed E-state index contributed by atoms with van der Waals surface area (Å²) in [6.45, 7) is 3.85. The molecule has 72 valence electrons. The number of aliphatic hydroxyl groups is 1. The summed E-state index contributed by atoms with van der Waals surface area (Å²) in [5.74, 6) is -0.277. The van der Waals surface area contributed by atoms with Crippen molar-refractivity contribution in [3.63, 3.8) is 0 Å². The van der Waals surface area contributed by atoms with E-state index in [1.807, 2.05) is 13.0 Å². The van der Waals surface area contributed by atoms with Crippen molar-refractivity contribution in [1.82, 2.24) is 0 Å². The van der Waals surface area contributed by atoms with Crippen LogP contribution in [0.3, 0.4) is 0 Å². The van der Waals surface area contributed by atoms with Gasteiger partial charge in [0.2, 0.25) is 0 Å². The summed E-state index contributed by atoms with van der Waals surface area (Å²) in [6, 6.07) is 4.89. The highest BCUT2D eigenvalue weighted by atomic mass is 19.1. The number of nitrogens with one attached hydrogen (secondary N) is 1. The molecule has 13 heavy (non-hydrogen) atoms. The summed E-state index contributed by atoms with van der Waals surface area (Å²) in [6.07, 6.45) is -0.473. The Kier molecular flexibility index (Phi) is 3.25. The molecule has 0 saturated heterocycles. The second kappa shape index (κ2) is 4.23. The number of hydrogen-bond donors (Lipinski definition) is 2. The topological polar surface area (TPSA) is 32.3 Å². The van der Waals surface area contributed by atoms with Crippen LogP contribution in [0.25, 0.3) is 0 Å². The molecule has 0 bridgehead atoms. The normalized spacial score (nSPS) is 12.6. The molecule has 1 unspecified atom stereocenters. The average Bonchev–Trinajstić information content (AvgIpc) is 2.03. The molecular formula is C10H14FNO. The van der Waals surface area contributed by atoms with Crippen molar-refractivity contribution in [2.45, 2.75) is 20.0 Å². The van der Waals surface area contributed by atoms with Crippen molar-refractivity contribution in [1.29, 1.82) is 0 Å². The van der Waals surface area contributed by atoms with Gasteiger partial charge in [0.05, 0.1) is 11.8 Å². The van der Waals surface area contributed by atoms with Crippen LogP contribution >= 0.6 is 0 Å². The van der Waals surface area contributed by atoms with Crippen LogP contribution in [0, 0.1) is 12.7 Å². The molecule has 2 nitrogen and oxygen atoms in total. The quantitative estimate of drug-likeness (QED) is 0.750. The second-order valence-electron chi connectivity index (χ2n) is 3.16. The first-order valence-electron chi connectivity index (χ1n) is 4.28. The third-order valence-corrected chi connectivity index (χ3v) is 1.80. The van der Waals surface area contributed by atoms with Crippen LogP contribution in [0.4, 0.5) is 10.1 Å². The van der Waals surface area contributed by atoms with E-state index in [0.29, 0.717) is 12.2 Å². The summed E-state index contributed by atoms with van der Waals surface area (Å²) in [5.41, 5.74) is 1.32. The Morgan fingerprint density at radius 3 is 2.77 bits per heavy atom. The van der Waals surface area contributed by atoms with Gasteiger partial charge in [0.15, 0.2) is 0 Å². The molecular weight excluding hydrogens is 169 g/mol. The van der Waals surface area contributed by atoms with E-state index in [0.717, 1.165) is 5.56 Å². The number of aryl methyl sites for hydroxylation is 1. The Bertz CT molecular complexity index is 266. The number of halogens is 1. The van der Waals surface area contributed by atoms with Crippen molar-refractivity contribution < 1.29 is 9.50 Å². The second-order valence-corrected chi connectivity index (χ2v) is 3.16. The van der Waals surface area contributed by atoms with Gasteiger partial charge in [-0.1, -0.05) is 12.1 Å². The first kappa shape index (κ1) is 9.99. The molecule has 0 amide bonds. The van der Waals surface area contributed by atoms with Crippen molar-refractivity contribution in [2.24, 2.45) is 0 Å². The number of hydrogen-bond acceptors (Lipinski definition) is 2. The highest BCUT2D eigenvalue weighted by molar-refractivity contribution is 5.51. The minimum atomic E-state index is -0.473. The molecule has 0 aliphatic rings. The largest absolute Gasteiger partial charge is 0.392 e. The highest BCUT2D eigenvalue weighted by Gasteiger charge is 2.04. The molecule has 3 heteroatoms. The van der Waals surface area contributed by atoms with Gasteiger partial charge in [-0.05, 0) is 25.5 Å². The van der Waals surface area contributed by atoms with Crippen molar-refractivity contribution in [3.8, 4) is 0 Å². The lowest BCUT2D eigenvalue weighted by Gasteiger charge is -2.11. The number of benzene rings is 1. The maximum Gasteiger partial charge on any atom is 0.146 e. The zero-order chi connectivity index (χ0) is 9.84. The fourth-order valence-corrected chi connectivity index (χ4v) is 1.11. The summed E-state index contributed by atoms with van der Waals surface area (Å²) in [7, 11) is 0. The van der Waals surface area contributed by atoms with Crippen molar-refractivity contribution >= 4 is 5.69 Å². The molecule has 1 rings (SSSR count). The van der Waals surface area contributed by atoms with E-state index in [1.165, 1.54) is 6.07 Å². The van der Waals surface area contributed by atoms with E-state index >= 15 is 0 Å². The summed E-state index contributed by atoms with van der Waals surface area (Å²) >= 11 is 0. The van der Waals surface area contributed by atoms with E-state index in [9.17, 15) is 4.39 Å². The number of para-hydroxylation sites is 1. The zero-order valence-corrected chi connectivity index (χ0v) is 7.84. The molecule has 0 radical (unpaired) electrons.